The maximum atomic E-state index is 11.1. The second-order valence-electron chi connectivity index (χ2n) is 6.34. The molecule has 3 aromatic rings. The van der Waals surface area contributed by atoms with Crippen LogP contribution in [0.5, 0.6) is 0 Å². The Bertz CT molecular complexity index is 975. The number of aliphatic hydroxyl groups excluding tert-OH is 1. The predicted molar refractivity (Wildman–Crippen MR) is 110 cm³/mol. The summed E-state index contributed by atoms with van der Waals surface area (Å²) in [6.07, 6.45) is 1.14. The number of hydrogen-bond donors (Lipinski definition) is 1. The molecule has 4 heteroatoms. The highest BCUT2D eigenvalue weighted by Gasteiger charge is 2.35. The van der Waals surface area contributed by atoms with Crippen LogP contribution in [0.1, 0.15) is 16.7 Å². The summed E-state index contributed by atoms with van der Waals surface area (Å²) in [5.74, 6) is 0. The van der Waals surface area contributed by atoms with Crippen LogP contribution in [0.15, 0.2) is 66.7 Å². The molecular weight excluding hydrogens is 365 g/mol. The average Bonchev–Trinajstić information content (AvgIpc) is 2.90. The summed E-state index contributed by atoms with van der Waals surface area (Å²) in [6, 6.07) is 21.4. The van der Waals surface area contributed by atoms with Crippen LogP contribution in [-0.2, 0) is 0 Å². The summed E-state index contributed by atoms with van der Waals surface area (Å²) < 4.78 is 0. The van der Waals surface area contributed by atoms with E-state index in [1.807, 2.05) is 42.5 Å². The first-order valence-corrected chi connectivity index (χ1v) is 9.11. The van der Waals surface area contributed by atoms with E-state index in [1.54, 1.807) is 23.1 Å². The van der Waals surface area contributed by atoms with Crippen molar-refractivity contribution in [3.05, 3.63) is 93.5 Å². The van der Waals surface area contributed by atoms with Crippen molar-refractivity contribution < 1.29 is 5.11 Å². The number of halogens is 2. The molecule has 3 aromatic carbocycles. The van der Waals surface area contributed by atoms with Gasteiger partial charge in [-0.05, 0) is 36.8 Å². The van der Waals surface area contributed by atoms with E-state index in [0.29, 0.717) is 15.7 Å². The Kier molecular flexibility index (Phi) is 4.49. The minimum atomic E-state index is -0.869. The van der Waals surface area contributed by atoms with E-state index in [-0.39, 0.29) is 0 Å². The third-order valence-electron chi connectivity index (χ3n) is 4.58. The van der Waals surface area contributed by atoms with E-state index in [4.69, 9.17) is 23.2 Å². The SMILES string of the molecule is Cc1ccc(C=C2c3ccccc3N(c3c(Cl)cccc3Cl)C2O)cc1. The minimum Gasteiger partial charge on any atom is -0.369 e. The quantitative estimate of drug-likeness (QED) is 0.561. The molecule has 1 N–H and O–H groups in total. The van der Waals surface area contributed by atoms with Crippen LogP contribution in [0.4, 0.5) is 11.4 Å². The van der Waals surface area contributed by atoms with Crippen LogP contribution < -0.4 is 4.90 Å². The summed E-state index contributed by atoms with van der Waals surface area (Å²) in [7, 11) is 0. The third-order valence-corrected chi connectivity index (χ3v) is 5.19. The summed E-state index contributed by atoms with van der Waals surface area (Å²) in [5.41, 5.74) is 5.52. The van der Waals surface area contributed by atoms with Gasteiger partial charge in [0.25, 0.3) is 0 Å². The second-order valence-corrected chi connectivity index (χ2v) is 7.16. The Hall–Kier alpha value is -2.26. The largest absolute Gasteiger partial charge is 0.369 e. The molecule has 0 saturated heterocycles. The molecule has 2 nitrogen and oxygen atoms in total. The number of benzene rings is 3. The highest BCUT2D eigenvalue weighted by atomic mass is 35.5. The normalized spacial score (nSPS) is 17.6. The van der Waals surface area contributed by atoms with Gasteiger partial charge < -0.3 is 10.0 Å². The first-order chi connectivity index (χ1) is 12.6. The summed E-state index contributed by atoms with van der Waals surface area (Å²) in [5, 5.41) is 12.1. The van der Waals surface area contributed by atoms with E-state index in [9.17, 15) is 5.11 Å². The Morgan fingerprint density at radius 1 is 0.885 bits per heavy atom. The van der Waals surface area contributed by atoms with Gasteiger partial charge in [-0.15, -0.1) is 0 Å². The summed E-state index contributed by atoms with van der Waals surface area (Å²) in [4.78, 5) is 1.79. The molecule has 1 atom stereocenters. The van der Waals surface area contributed by atoms with Gasteiger partial charge in [0.2, 0.25) is 0 Å². The van der Waals surface area contributed by atoms with Crippen molar-refractivity contribution in [2.45, 2.75) is 13.2 Å². The lowest BCUT2D eigenvalue weighted by atomic mass is 10.0. The predicted octanol–water partition coefficient (Wildman–Crippen LogP) is 6.31. The number of aliphatic hydroxyl groups is 1. The molecule has 1 aliphatic rings. The highest BCUT2D eigenvalue weighted by molar-refractivity contribution is 6.39. The first kappa shape index (κ1) is 17.2. The van der Waals surface area contributed by atoms with Gasteiger partial charge in [-0.3, -0.25) is 0 Å². The molecule has 0 fully saturated rings. The number of para-hydroxylation sites is 2. The molecule has 0 amide bonds. The van der Waals surface area contributed by atoms with Gasteiger partial charge in [0.15, 0.2) is 6.23 Å². The molecule has 26 heavy (non-hydrogen) atoms. The zero-order valence-electron chi connectivity index (χ0n) is 14.2. The number of nitrogens with zero attached hydrogens (tertiary/aromatic N) is 1. The molecule has 4 rings (SSSR count). The molecule has 0 aliphatic carbocycles. The monoisotopic (exact) mass is 381 g/mol. The van der Waals surface area contributed by atoms with Crippen molar-refractivity contribution in [3.8, 4) is 0 Å². The van der Waals surface area contributed by atoms with Crippen molar-refractivity contribution in [2.24, 2.45) is 0 Å². The van der Waals surface area contributed by atoms with Crippen LogP contribution >= 0.6 is 23.2 Å². The van der Waals surface area contributed by atoms with E-state index in [1.165, 1.54) is 5.56 Å². The van der Waals surface area contributed by atoms with Crippen molar-refractivity contribution in [3.63, 3.8) is 0 Å². The van der Waals surface area contributed by atoms with E-state index in [2.05, 4.69) is 19.1 Å². The Morgan fingerprint density at radius 3 is 2.23 bits per heavy atom. The van der Waals surface area contributed by atoms with E-state index < -0.39 is 6.23 Å². The second kappa shape index (κ2) is 6.81. The molecule has 130 valence electrons. The Morgan fingerprint density at radius 2 is 1.54 bits per heavy atom. The van der Waals surface area contributed by atoms with E-state index >= 15 is 0 Å². The lowest BCUT2D eigenvalue weighted by molar-refractivity contribution is 0.244. The fourth-order valence-electron chi connectivity index (χ4n) is 3.29. The molecule has 0 spiro atoms. The third kappa shape index (κ3) is 2.90. The van der Waals surface area contributed by atoms with E-state index in [0.717, 1.165) is 22.4 Å². The highest BCUT2D eigenvalue weighted by Crippen LogP contribution is 2.48. The van der Waals surface area contributed by atoms with Gasteiger partial charge in [0.1, 0.15) is 0 Å². The maximum absolute atomic E-state index is 11.1. The lowest BCUT2D eigenvalue weighted by Crippen LogP contribution is -2.26. The molecule has 0 saturated carbocycles. The topological polar surface area (TPSA) is 23.5 Å². The average molecular weight is 382 g/mol. The number of hydrogen-bond acceptors (Lipinski definition) is 2. The summed E-state index contributed by atoms with van der Waals surface area (Å²) in [6.45, 7) is 2.05. The van der Waals surface area contributed by atoms with Crippen LogP contribution in [0, 0.1) is 6.92 Å². The fourth-order valence-corrected chi connectivity index (χ4v) is 3.87. The van der Waals surface area contributed by atoms with Crippen LogP contribution in [0.25, 0.3) is 11.6 Å². The number of anilines is 2. The van der Waals surface area contributed by atoms with Gasteiger partial charge in [-0.2, -0.15) is 0 Å². The van der Waals surface area contributed by atoms with Gasteiger partial charge in [-0.1, -0.05) is 77.3 Å². The molecule has 0 aromatic heterocycles. The standard InChI is InChI=1S/C22H17Cl2NO/c1-14-9-11-15(12-10-14)13-17-16-5-2-3-8-20(16)25(22(17)26)21-18(23)6-4-7-19(21)24/h2-13,22,26H,1H3. The Labute approximate surface area is 162 Å². The van der Waals surface area contributed by atoms with Crippen molar-refractivity contribution in [1.82, 2.24) is 0 Å². The maximum Gasteiger partial charge on any atom is 0.158 e. The van der Waals surface area contributed by atoms with Gasteiger partial charge in [0, 0.05) is 11.1 Å². The zero-order chi connectivity index (χ0) is 18.3. The number of fused-ring (bicyclic) bond motifs is 1. The molecule has 1 aliphatic heterocycles. The fraction of sp³-hybridized carbons (Fsp3) is 0.0909. The van der Waals surface area contributed by atoms with Crippen LogP contribution in [0.2, 0.25) is 10.0 Å². The zero-order valence-corrected chi connectivity index (χ0v) is 15.7. The molecule has 0 radical (unpaired) electrons. The van der Waals surface area contributed by atoms with Crippen LogP contribution in [0.3, 0.4) is 0 Å². The van der Waals surface area contributed by atoms with Gasteiger partial charge in [0.05, 0.1) is 21.4 Å². The first-order valence-electron chi connectivity index (χ1n) is 8.35. The van der Waals surface area contributed by atoms with Crippen molar-refractivity contribution in [2.75, 3.05) is 4.90 Å². The Balaban J connectivity index is 1.88. The molecule has 1 unspecified atom stereocenters. The van der Waals surface area contributed by atoms with Crippen molar-refractivity contribution >= 4 is 46.2 Å². The number of aryl methyl sites for hydroxylation is 1. The minimum absolute atomic E-state index is 0.503. The molecule has 0 bridgehead atoms. The number of rotatable bonds is 2. The summed E-state index contributed by atoms with van der Waals surface area (Å²) >= 11 is 12.8. The molecular formula is C22H17Cl2NO. The lowest BCUT2D eigenvalue weighted by Gasteiger charge is -2.26. The van der Waals surface area contributed by atoms with Gasteiger partial charge in [-0.25, -0.2) is 0 Å². The van der Waals surface area contributed by atoms with Crippen molar-refractivity contribution in [1.29, 1.82) is 0 Å². The smallest absolute Gasteiger partial charge is 0.158 e. The van der Waals surface area contributed by atoms with Gasteiger partial charge >= 0.3 is 0 Å². The van der Waals surface area contributed by atoms with Crippen LogP contribution in [-0.4, -0.2) is 11.3 Å². The molecule has 1 heterocycles.